The highest BCUT2D eigenvalue weighted by Gasteiger charge is 2.04. The molecule has 0 aliphatic rings. The molecule has 0 fully saturated rings. The van der Waals surface area contributed by atoms with Crippen molar-refractivity contribution in [2.75, 3.05) is 5.75 Å². The summed E-state index contributed by atoms with van der Waals surface area (Å²) in [5.74, 6) is 1.03. The van der Waals surface area contributed by atoms with Crippen LogP contribution in [0.5, 0.6) is 0 Å². The number of aryl methyl sites for hydroxylation is 1. The lowest BCUT2D eigenvalue weighted by Crippen LogP contribution is -2.22. The highest BCUT2D eigenvalue weighted by molar-refractivity contribution is 7.99. The molecule has 0 aromatic heterocycles. The Morgan fingerprint density at radius 1 is 1.33 bits per heavy atom. The molecule has 0 aliphatic carbocycles. The Hall–Kier alpha value is -0.470. The van der Waals surface area contributed by atoms with Crippen LogP contribution >= 0.6 is 11.8 Å². The molecule has 0 radical (unpaired) electrons. The highest BCUT2D eigenvalue weighted by Crippen LogP contribution is 2.22. The average molecular weight is 223 g/mol. The fraction of sp³-hybridized carbons (Fsp3) is 0.538. The van der Waals surface area contributed by atoms with Gasteiger partial charge in [0, 0.05) is 16.7 Å². The summed E-state index contributed by atoms with van der Waals surface area (Å²) in [6.07, 6.45) is 3.63. The summed E-state index contributed by atoms with van der Waals surface area (Å²) in [5, 5.41) is 0. The van der Waals surface area contributed by atoms with Gasteiger partial charge in [0.25, 0.3) is 0 Å². The van der Waals surface area contributed by atoms with Gasteiger partial charge in [0.1, 0.15) is 0 Å². The fourth-order valence-electron chi connectivity index (χ4n) is 1.46. The third kappa shape index (κ3) is 4.72. The molecule has 0 saturated carbocycles. The van der Waals surface area contributed by atoms with E-state index in [0.717, 1.165) is 12.2 Å². The SMILES string of the molecule is CCCCC(N)CSc1ccccc1C. The van der Waals surface area contributed by atoms with Crippen LogP contribution < -0.4 is 5.73 Å². The van der Waals surface area contributed by atoms with E-state index in [1.54, 1.807) is 0 Å². The molecule has 1 aromatic rings. The van der Waals surface area contributed by atoms with Crippen molar-refractivity contribution < 1.29 is 0 Å². The first-order chi connectivity index (χ1) is 7.24. The molecule has 0 amide bonds. The molecular formula is C13H21NS. The largest absolute Gasteiger partial charge is 0.327 e. The van der Waals surface area contributed by atoms with E-state index in [2.05, 4.69) is 38.1 Å². The van der Waals surface area contributed by atoms with E-state index in [1.165, 1.54) is 23.3 Å². The predicted molar refractivity (Wildman–Crippen MR) is 69.4 cm³/mol. The lowest BCUT2D eigenvalue weighted by Gasteiger charge is -2.11. The molecule has 2 N–H and O–H groups in total. The van der Waals surface area contributed by atoms with Gasteiger partial charge in [0.2, 0.25) is 0 Å². The minimum absolute atomic E-state index is 0.342. The Balaban J connectivity index is 2.33. The van der Waals surface area contributed by atoms with E-state index in [9.17, 15) is 0 Å². The Morgan fingerprint density at radius 2 is 2.07 bits per heavy atom. The van der Waals surface area contributed by atoms with Crippen LogP contribution in [0.25, 0.3) is 0 Å². The van der Waals surface area contributed by atoms with Gasteiger partial charge in [-0.15, -0.1) is 11.8 Å². The van der Waals surface area contributed by atoms with E-state index in [4.69, 9.17) is 5.73 Å². The van der Waals surface area contributed by atoms with Crippen LogP contribution in [0.4, 0.5) is 0 Å². The number of unbranched alkanes of at least 4 members (excludes halogenated alkanes) is 1. The van der Waals surface area contributed by atoms with Crippen LogP contribution in [0.2, 0.25) is 0 Å². The van der Waals surface area contributed by atoms with Crippen LogP contribution in [0, 0.1) is 6.92 Å². The van der Waals surface area contributed by atoms with E-state index < -0.39 is 0 Å². The molecule has 0 saturated heterocycles. The summed E-state index contributed by atoms with van der Waals surface area (Å²) in [5.41, 5.74) is 7.39. The molecule has 0 aliphatic heterocycles. The second-order valence-electron chi connectivity index (χ2n) is 3.98. The van der Waals surface area contributed by atoms with Crippen LogP contribution in [0.3, 0.4) is 0 Å². The van der Waals surface area contributed by atoms with E-state index in [0.29, 0.717) is 6.04 Å². The molecule has 1 rings (SSSR count). The van der Waals surface area contributed by atoms with Crippen LogP contribution in [0.15, 0.2) is 29.2 Å². The van der Waals surface area contributed by atoms with Crippen molar-refractivity contribution in [2.45, 2.75) is 44.0 Å². The van der Waals surface area contributed by atoms with Gasteiger partial charge in [-0.1, -0.05) is 38.0 Å². The van der Waals surface area contributed by atoms with Gasteiger partial charge in [-0.25, -0.2) is 0 Å². The molecule has 1 nitrogen and oxygen atoms in total. The lowest BCUT2D eigenvalue weighted by molar-refractivity contribution is 0.622. The normalized spacial score (nSPS) is 12.7. The molecule has 2 heteroatoms. The Kier molecular flexibility index (Phi) is 5.81. The van der Waals surface area contributed by atoms with Crippen molar-refractivity contribution in [1.29, 1.82) is 0 Å². The molecule has 84 valence electrons. The first-order valence-corrected chi connectivity index (χ1v) is 6.66. The van der Waals surface area contributed by atoms with Gasteiger partial charge in [0.15, 0.2) is 0 Å². The first-order valence-electron chi connectivity index (χ1n) is 5.68. The number of hydrogen-bond acceptors (Lipinski definition) is 2. The summed E-state index contributed by atoms with van der Waals surface area (Å²) in [6, 6.07) is 8.84. The third-order valence-electron chi connectivity index (χ3n) is 2.47. The zero-order chi connectivity index (χ0) is 11.1. The fourth-order valence-corrected chi connectivity index (χ4v) is 2.50. The van der Waals surface area contributed by atoms with Crippen LogP contribution in [0.1, 0.15) is 31.7 Å². The number of nitrogens with two attached hydrogens (primary N) is 1. The Labute approximate surface area is 97.4 Å². The van der Waals surface area contributed by atoms with Gasteiger partial charge < -0.3 is 5.73 Å². The molecule has 0 heterocycles. The lowest BCUT2D eigenvalue weighted by atomic mass is 10.2. The summed E-state index contributed by atoms with van der Waals surface area (Å²) in [7, 11) is 0. The van der Waals surface area contributed by atoms with E-state index in [-0.39, 0.29) is 0 Å². The second kappa shape index (κ2) is 6.91. The molecule has 0 spiro atoms. The number of benzene rings is 1. The summed E-state index contributed by atoms with van der Waals surface area (Å²) in [4.78, 5) is 1.37. The van der Waals surface area contributed by atoms with Crippen molar-refractivity contribution in [1.82, 2.24) is 0 Å². The Bertz CT molecular complexity index is 286. The smallest absolute Gasteiger partial charge is 0.0133 e. The van der Waals surface area contributed by atoms with Crippen molar-refractivity contribution in [2.24, 2.45) is 5.73 Å². The van der Waals surface area contributed by atoms with Gasteiger partial charge >= 0.3 is 0 Å². The molecule has 15 heavy (non-hydrogen) atoms. The Morgan fingerprint density at radius 3 is 2.73 bits per heavy atom. The third-order valence-corrected chi connectivity index (χ3v) is 3.84. The topological polar surface area (TPSA) is 26.0 Å². The standard InChI is InChI=1S/C13H21NS/c1-3-4-8-12(14)10-15-13-9-6-5-7-11(13)2/h5-7,9,12H,3-4,8,10,14H2,1-2H3. The minimum atomic E-state index is 0.342. The van der Waals surface area contributed by atoms with Crippen molar-refractivity contribution in [3.8, 4) is 0 Å². The first kappa shape index (κ1) is 12.6. The monoisotopic (exact) mass is 223 g/mol. The van der Waals surface area contributed by atoms with Crippen molar-refractivity contribution in [3.05, 3.63) is 29.8 Å². The number of thioether (sulfide) groups is 1. The maximum atomic E-state index is 6.04. The van der Waals surface area contributed by atoms with Gasteiger partial charge in [-0.2, -0.15) is 0 Å². The van der Waals surface area contributed by atoms with Crippen molar-refractivity contribution in [3.63, 3.8) is 0 Å². The average Bonchev–Trinajstić information content (AvgIpc) is 2.25. The summed E-state index contributed by atoms with van der Waals surface area (Å²) in [6.45, 7) is 4.36. The molecular weight excluding hydrogens is 202 g/mol. The number of rotatable bonds is 6. The quantitative estimate of drug-likeness (QED) is 0.746. The zero-order valence-electron chi connectivity index (χ0n) is 9.70. The van der Waals surface area contributed by atoms with Crippen LogP contribution in [-0.2, 0) is 0 Å². The van der Waals surface area contributed by atoms with E-state index in [1.807, 2.05) is 11.8 Å². The predicted octanol–water partition coefficient (Wildman–Crippen LogP) is 3.60. The minimum Gasteiger partial charge on any atom is -0.327 e. The molecule has 0 bridgehead atoms. The molecule has 1 unspecified atom stereocenters. The zero-order valence-corrected chi connectivity index (χ0v) is 10.5. The van der Waals surface area contributed by atoms with Gasteiger partial charge in [0.05, 0.1) is 0 Å². The molecule has 1 aromatic carbocycles. The highest BCUT2D eigenvalue weighted by atomic mass is 32.2. The maximum absolute atomic E-state index is 6.04. The maximum Gasteiger partial charge on any atom is 0.0133 e. The van der Waals surface area contributed by atoms with Crippen LogP contribution in [-0.4, -0.2) is 11.8 Å². The summed E-state index contributed by atoms with van der Waals surface area (Å²) < 4.78 is 0. The van der Waals surface area contributed by atoms with Crippen molar-refractivity contribution >= 4 is 11.8 Å². The molecule has 1 atom stereocenters. The second-order valence-corrected chi connectivity index (χ2v) is 5.04. The van der Waals surface area contributed by atoms with E-state index >= 15 is 0 Å². The van der Waals surface area contributed by atoms with Gasteiger partial charge in [-0.3, -0.25) is 0 Å². The van der Waals surface area contributed by atoms with Gasteiger partial charge in [-0.05, 0) is 25.0 Å². The summed E-state index contributed by atoms with van der Waals surface area (Å²) >= 11 is 1.88. The number of hydrogen-bond donors (Lipinski definition) is 1.